The van der Waals surface area contributed by atoms with Crippen LogP contribution in [0, 0.1) is 5.92 Å². The molecule has 164 valence electrons. The summed E-state index contributed by atoms with van der Waals surface area (Å²) in [4.78, 5) is 35.0. The number of ether oxygens (including phenoxy) is 1. The molecule has 4 N–H and O–H groups in total. The molecule has 2 aromatic rings. The van der Waals surface area contributed by atoms with Crippen molar-refractivity contribution in [1.82, 2.24) is 10.6 Å². The van der Waals surface area contributed by atoms with Gasteiger partial charge in [0, 0.05) is 18.4 Å². The minimum atomic E-state index is -1.34. The topological polar surface area (TPSA) is 125 Å². The van der Waals surface area contributed by atoms with Crippen LogP contribution in [-0.2, 0) is 14.3 Å². The van der Waals surface area contributed by atoms with Crippen molar-refractivity contribution in [3.63, 3.8) is 0 Å². The maximum Gasteiger partial charge on any atom is 0.407 e. The number of benzene rings is 2. The molecule has 0 radical (unpaired) electrons. The van der Waals surface area contributed by atoms with Crippen molar-refractivity contribution in [1.29, 1.82) is 0 Å². The van der Waals surface area contributed by atoms with Crippen LogP contribution in [0.2, 0.25) is 0 Å². The molecular formula is C23H26N2O6. The minimum Gasteiger partial charge on any atom is -0.480 e. The van der Waals surface area contributed by atoms with Crippen LogP contribution in [0.15, 0.2) is 48.5 Å². The fraction of sp³-hybridized carbons (Fsp3) is 0.348. The van der Waals surface area contributed by atoms with Crippen LogP contribution < -0.4 is 10.6 Å². The lowest BCUT2D eigenvalue weighted by atomic mass is 9.98. The van der Waals surface area contributed by atoms with Crippen LogP contribution in [0.3, 0.4) is 0 Å². The lowest BCUT2D eigenvalue weighted by molar-refractivity contribution is -0.143. The maximum atomic E-state index is 12.1. The summed E-state index contributed by atoms with van der Waals surface area (Å²) in [7, 11) is 0. The van der Waals surface area contributed by atoms with Gasteiger partial charge in [-0.15, -0.1) is 0 Å². The van der Waals surface area contributed by atoms with Crippen molar-refractivity contribution < 1.29 is 29.3 Å². The number of carboxylic acid groups (broad SMARTS) is 1. The summed E-state index contributed by atoms with van der Waals surface area (Å²) >= 11 is 0. The lowest BCUT2D eigenvalue weighted by Gasteiger charge is -2.17. The van der Waals surface area contributed by atoms with E-state index in [4.69, 9.17) is 14.9 Å². The highest BCUT2D eigenvalue weighted by Gasteiger charge is 2.29. The Labute approximate surface area is 180 Å². The van der Waals surface area contributed by atoms with Crippen LogP contribution in [-0.4, -0.2) is 54.0 Å². The van der Waals surface area contributed by atoms with Gasteiger partial charge in [-0.3, -0.25) is 4.79 Å². The largest absolute Gasteiger partial charge is 0.480 e. The molecule has 2 atom stereocenters. The second-order valence-corrected chi connectivity index (χ2v) is 7.52. The molecule has 8 nitrogen and oxygen atoms in total. The van der Waals surface area contributed by atoms with Crippen LogP contribution in [0.4, 0.5) is 4.79 Å². The number of aliphatic hydroxyl groups excluding tert-OH is 1. The molecule has 3 rings (SSSR count). The zero-order valence-electron chi connectivity index (χ0n) is 17.2. The average Bonchev–Trinajstić information content (AvgIpc) is 3.09. The number of aliphatic hydroxyl groups is 1. The number of hydrogen-bond acceptors (Lipinski definition) is 5. The second-order valence-electron chi connectivity index (χ2n) is 7.52. The summed E-state index contributed by atoms with van der Waals surface area (Å²) in [6, 6.07) is 14.8. The van der Waals surface area contributed by atoms with Crippen LogP contribution in [0.5, 0.6) is 0 Å². The van der Waals surface area contributed by atoms with E-state index in [1.165, 1.54) is 0 Å². The summed E-state index contributed by atoms with van der Waals surface area (Å²) in [6.45, 7) is 1.33. The van der Waals surface area contributed by atoms with E-state index >= 15 is 0 Å². The van der Waals surface area contributed by atoms with E-state index < -0.39 is 36.5 Å². The van der Waals surface area contributed by atoms with Crippen molar-refractivity contribution in [2.24, 2.45) is 5.92 Å². The van der Waals surface area contributed by atoms with E-state index in [0.717, 1.165) is 22.3 Å². The molecule has 0 aliphatic heterocycles. The summed E-state index contributed by atoms with van der Waals surface area (Å²) in [5.41, 5.74) is 4.54. The Hall–Kier alpha value is -3.39. The standard InChI is InChI=1S/C23H26N2O6/c1-14(21(27)25-20(12-26)22(28)29)10-11-24-23(30)31-13-19-17-8-4-2-6-15(17)16-7-3-5-9-18(16)19/h2-9,14,19-20,26H,10-13H2,1H3,(H,24,30)(H,25,27)(H,28,29)/t14?,20-/m0/s1. The fourth-order valence-corrected chi connectivity index (χ4v) is 3.67. The molecule has 0 spiro atoms. The van der Waals surface area contributed by atoms with Gasteiger partial charge in [0.1, 0.15) is 12.6 Å². The third kappa shape index (κ3) is 5.21. The van der Waals surface area contributed by atoms with E-state index in [1.807, 2.05) is 36.4 Å². The number of carbonyl (C=O) groups is 3. The average molecular weight is 426 g/mol. The smallest absolute Gasteiger partial charge is 0.407 e. The van der Waals surface area contributed by atoms with Gasteiger partial charge in [0.2, 0.25) is 5.91 Å². The first-order valence-electron chi connectivity index (χ1n) is 10.1. The highest BCUT2D eigenvalue weighted by atomic mass is 16.5. The zero-order chi connectivity index (χ0) is 22.4. The number of fused-ring (bicyclic) bond motifs is 3. The Morgan fingerprint density at radius 2 is 1.61 bits per heavy atom. The lowest BCUT2D eigenvalue weighted by Crippen LogP contribution is -2.45. The third-order valence-corrected chi connectivity index (χ3v) is 5.44. The van der Waals surface area contributed by atoms with Gasteiger partial charge in [-0.2, -0.15) is 0 Å². The van der Waals surface area contributed by atoms with Gasteiger partial charge < -0.3 is 25.6 Å². The van der Waals surface area contributed by atoms with E-state index in [2.05, 4.69) is 22.8 Å². The van der Waals surface area contributed by atoms with Gasteiger partial charge in [-0.05, 0) is 28.7 Å². The van der Waals surface area contributed by atoms with E-state index in [1.54, 1.807) is 6.92 Å². The van der Waals surface area contributed by atoms with Crippen LogP contribution in [0.25, 0.3) is 11.1 Å². The summed E-state index contributed by atoms with van der Waals surface area (Å²) in [5.74, 6) is -2.38. The van der Waals surface area contributed by atoms with Crippen molar-refractivity contribution >= 4 is 18.0 Å². The summed E-state index contributed by atoms with van der Waals surface area (Å²) < 4.78 is 5.43. The molecule has 31 heavy (non-hydrogen) atoms. The van der Waals surface area contributed by atoms with Crippen molar-refractivity contribution in [3.05, 3.63) is 59.7 Å². The number of carboxylic acids is 1. The molecule has 0 saturated carbocycles. The first kappa shape index (κ1) is 22.3. The minimum absolute atomic E-state index is 0.0331. The van der Waals surface area contributed by atoms with Gasteiger partial charge in [0.15, 0.2) is 0 Å². The predicted molar refractivity (Wildman–Crippen MR) is 114 cm³/mol. The van der Waals surface area contributed by atoms with Crippen molar-refractivity contribution in [2.45, 2.75) is 25.3 Å². The molecule has 1 aliphatic carbocycles. The normalized spacial score (nSPS) is 14.1. The van der Waals surface area contributed by atoms with Crippen LogP contribution in [0.1, 0.15) is 30.4 Å². The predicted octanol–water partition coefficient (Wildman–Crippen LogP) is 2.11. The second kappa shape index (κ2) is 10.1. The van der Waals surface area contributed by atoms with E-state index in [0.29, 0.717) is 6.42 Å². The Morgan fingerprint density at radius 1 is 1.03 bits per heavy atom. The summed E-state index contributed by atoms with van der Waals surface area (Å²) in [6.07, 6.45) is -0.276. The summed E-state index contributed by atoms with van der Waals surface area (Å²) in [5, 5.41) is 22.7. The quantitative estimate of drug-likeness (QED) is 0.487. The SMILES string of the molecule is CC(CCNC(=O)OCC1c2ccccc2-c2ccccc21)C(=O)N[C@@H](CO)C(=O)O. The first-order chi connectivity index (χ1) is 14.9. The Kier molecular flexibility index (Phi) is 7.25. The molecule has 0 fully saturated rings. The molecule has 0 aromatic heterocycles. The molecule has 1 aliphatic rings. The van der Waals surface area contributed by atoms with Gasteiger partial charge >= 0.3 is 12.1 Å². The number of hydrogen-bond donors (Lipinski definition) is 4. The number of rotatable bonds is 9. The molecule has 1 unspecified atom stereocenters. The molecule has 2 amide bonds. The number of alkyl carbamates (subject to hydrolysis) is 1. The molecule has 2 aromatic carbocycles. The Bertz CT molecular complexity index is 915. The number of carbonyl (C=O) groups excluding carboxylic acids is 2. The zero-order valence-corrected chi connectivity index (χ0v) is 17.2. The molecule has 0 bridgehead atoms. The Balaban J connectivity index is 1.47. The van der Waals surface area contributed by atoms with E-state index in [-0.39, 0.29) is 19.1 Å². The Morgan fingerprint density at radius 3 is 2.16 bits per heavy atom. The van der Waals surface area contributed by atoms with Gasteiger partial charge in [-0.1, -0.05) is 55.5 Å². The third-order valence-electron chi connectivity index (χ3n) is 5.44. The van der Waals surface area contributed by atoms with Crippen LogP contribution >= 0.6 is 0 Å². The fourth-order valence-electron chi connectivity index (χ4n) is 3.67. The highest BCUT2D eigenvalue weighted by Crippen LogP contribution is 2.44. The monoisotopic (exact) mass is 426 g/mol. The van der Waals surface area contributed by atoms with Crippen molar-refractivity contribution in [2.75, 3.05) is 19.8 Å². The van der Waals surface area contributed by atoms with Gasteiger partial charge in [0.25, 0.3) is 0 Å². The maximum absolute atomic E-state index is 12.1. The van der Waals surface area contributed by atoms with Gasteiger partial charge in [0.05, 0.1) is 6.61 Å². The van der Waals surface area contributed by atoms with Gasteiger partial charge in [-0.25, -0.2) is 9.59 Å². The number of aliphatic carboxylic acids is 1. The highest BCUT2D eigenvalue weighted by molar-refractivity contribution is 5.85. The molecule has 0 saturated heterocycles. The van der Waals surface area contributed by atoms with E-state index in [9.17, 15) is 14.4 Å². The number of amides is 2. The molecular weight excluding hydrogens is 400 g/mol. The molecule has 8 heteroatoms. The first-order valence-corrected chi connectivity index (χ1v) is 10.1. The van der Waals surface area contributed by atoms with Crippen molar-refractivity contribution in [3.8, 4) is 11.1 Å². The molecule has 0 heterocycles. The number of nitrogens with one attached hydrogen (secondary N) is 2.